The summed E-state index contributed by atoms with van der Waals surface area (Å²) in [6, 6.07) is 58.4. The minimum atomic E-state index is -5.82. The number of fused-ring (bicyclic) bond motifs is 2. The van der Waals surface area contributed by atoms with Gasteiger partial charge in [-0.3, -0.25) is 0 Å². The Kier molecular flexibility index (Phi) is 11.1. The highest BCUT2D eigenvalue weighted by atomic mass is 32.2. The summed E-state index contributed by atoms with van der Waals surface area (Å²) in [5.74, 6) is -0.374. The van der Waals surface area contributed by atoms with Crippen LogP contribution >= 0.6 is 0 Å². The maximum Gasteiger partial charge on any atom is 0.534 e. The fraction of sp³-hybridized carbons (Fsp3) is 0.137. The topological polar surface area (TPSA) is 61.8 Å². The van der Waals surface area contributed by atoms with E-state index < -0.39 is 22.7 Å². The molecule has 1 aliphatic rings. The molecule has 0 N–H and O–H groups in total. The third-order valence-electron chi connectivity index (χ3n) is 11.4. The zero-order valence-electron chi connectivity index (χ0n) is 34.0. The van der Waals surface area contributed by atoms with Gasteiger partial charge in [0.15, 0.2) is 5.75 Å². The largest absolute Gasteiger partial charge is 0.534 e. The van der Waals surface area contributed by atoms with E-state index in [0.29, 0.717) is 10.9 Å². The van der Waals surface area contributed by atoms with Crippen LogP contribution in [0.1, 0.15) is 27.7 Å². The average Bonchev–Trinajstić information content (AvgIpc) is 3.49. The summed E-state index contributed by atoms with van der Waals surface area (Å²) in [4.78, 5) is 0. The van der Waals surface area contributed by atoms with Gasteiger partial charge in [-0.2, -0.15) is 21.6 Å². The van der Waals surface area contributed by atoms with Crippen LogP contribution in [0, 0.1) is 0 Å². The lowest BCUT2D eigenvalue weighted by atomic mass is 9.73. The highest BCUT2D eigenvalue weighted by molar-refractivity contribution is 7.88. The number of alkyl halides is 3. The molecule has 0 spiro atoms. The van der Waals surface area contributed by atoms with Gasteiger partial charge in [-0.25, -0.2) is 0 Å². The second-order valence-electron chi connectivity index (χ2n) is 15.8. The van der Waals surface area contributed by atoms with Gasteiger partial charge in [-0.1, -0.05) is 176 Å². The van der Waals surface area contributed by atoms with Crippen molar-refractivity contribution >= 4 is 44.2 Å². The minimum Gasteiger partial charge on any atom is -0.399 e. The second-order valence-corrected chi connectivity index (χ2v) is 17.4. The van der Waals surface area contributed by atoms with Crippen LogP contribution < -0.4 is 9.65 Å². The molecule has 1 saturated heterocycles. The monoisotopic (exact) mass is 834 g/mol. The number of hydrogen-bond donors (Lipinski definition) is 0. The summed E-state index contributed by atoms with van der Waals surface area (Å²) in [6.07, 6.45) is 0. The van der Waals surface area contributed by atoms with Crippen molar-refractivity contribution in [2.24, 2.45) is 0 Å². The van der Waals surface area contributed by atoms with Gasteiger partial charge in [0.1, 0.15) is 0 Å². The van der Waals surface area contributed by atoms with E-state index in [0.717, 1.165) is 22.2 Å². The summed E-state index contributed by atoms with van der Waals surface area (Å²) >= 11 is 0. The van der Waals surface area contributed by atoms with E-state index in [2.05, 4.69) is 123 Å². The quantitative estimate of drug-likeness (QED) is 0.0909. The average molecular weight is 835 g/mol. The molecule has 1 aliphatic heterocycles. The van der Waals surface area contributed by atoms with Crippen molar-refractivity contribution in [3.05, 3.63) is 182 Å². The molecule has 0 amide bonds. The molecule has 0 bridgehead atoms. The van der Waals surface area contributed by atoms with Crippen LogP contribution in [0.15, 0.2) is 182 Å². The molecule has 1 fully saturated rings. The van der Waals surface area contributed by atoms with E-state index in [9.17, 15) is 21.6 Å². The van der Waals surface area contributed by atoms with E-state index in [1.54, 1.807) is 42.5 Å². The molecule has 8 aromatic carbocycles. The summed E-state index contributed by atoms with van der Waals surface area (Å²) in [6.45, 7) is 8.41. The molecule has 1 heterocycles. The van der Waals surface area contributed by atoms with Gasteiger partial charge in [-0.15, -0.1) is 0 Å². The molecule has 8 aromatic rings. The lowest BCUT2D eigenvalue weighted by Gasteiger charge is -2.32. The van der Waals surface area contributed by atoms with Crippen LogP contribution in [0.2, 0.25) is 0 Å². The molecule has 0 aliphatic carbocycles. The smallest absolute Gasteiger partial charge is 0.399 e. The Hall–Kier alpha value is -6.20. The summed E-state index contributed by atoms with van der Waals surface area (Å²) < 4.78 is 79.9. The molecule has 0 saturated carbocycles. The van der Waals surface area contributed by atoms with Crippen molar-refractivity contribution in [2.75, 3.05) is 0 Å². The third kappa shape index (κ3) is 8.19. The Labute approximate surface area is 354 Å². The fourth-order valence-corrected chi connectivity index (χ4v) is 8.14. The van der Waals surface area contributed by atoms with Crippen LogP contribution in [-0.4, -0.2) is 32.2 Å². The highest BCUT2D eigenvalue weighted by Crippen LogP contribution is 2.44. The number of benzene rings is 8. The molecule has 9 rings (SSSR count). The molecule has 306 valence electrons. The molecule has 0 unspecified atom stereocenters. The molecule has 0 radical (unpaired) electrons. The predicted octanol–water partition coefficient (Wildman–Crippen LogP) is 12.9. The molecular weight excluding hydrogens is 792 g/mol. The van der Waals surface area contributed by atoms with E-state index >= 15 is 0 Å². The first-order valence-corrected chi connectivity index (χ1v) is 21.3. The Morgan fingerprint density at radius 2 is 0.820 bits per heavy atom. The minimum absolute atomic E-state index is 0.267. The van der Waals surface area contributed by atoms with Crippen LogP contribution in [0.4, 0.5) is 13.2 Å². The van der Waals surface area contributed by atoms with E-state index in [-0.39, 0.29) is 22.3 Å². The molecule has 61 heavy (non-hydrogen) atoms. The molecule has 10 heteroatoms. The van der Waals surface area contributed by atoms with Gasteiger partial charge in [0, 0.05) is 5.39 Å². The zero-order valence-corrected chi connectivity index (χ0v) is 34.8. The summed E-state index contributed by atoms with van der Waals surface area (Å²) in [5, 5.41) is 3.22. The Morgan fingerprint density at radius 1 is 0.475 bits per heavy atom. The van der Waals surface area contributed by atoms with E-state index in [4.69, 9.17) is 9.31 Å². The van der Waals surface area contributed by atoms with Gasteiger partial charge in [0.05, 0.1) is 11.2 Å². The molecule has 5 nitrogen and oxygen atoms in total. The lowest BCUT2D eigenvalue weighted by Crippen LogP contribution is -2.41. The van der Waals surface area contributed by atoms with Gasteiger partial charge in [-0.05, 0) is 99.9 Å². The van der Waals surface area contributed by atoms with Crippen LogP contribution in [0.5, 0.6) is 5.75 Å². The number of hydrogen-bond acceptors (Lipinski definition) is 5. The Bertz CT molecular complexity index is 2930. The van der Waals surface area contributed by atoms with Crippen molar-refractivity contribution in [1.29, 1.82) is 0 Å². The first-order chi connectivity index (χ1) is 29.2. The van der Waals surface area contributed by atoms with Crippen LogP contribution in [-0.2, 0) is 19.4 Å². The van der Waals surface area contributed by atoms with Crippen LogP contribution in [0.3, 0.4) is 0 Å². The maximum absolute atomic E-state index is 13.0. The van der Waals surface area contributed by atoms with Crippen molar-refractivity contribution in [3.8, 4) is 50.3 Å². The van der Waals surface area contributed by atoms with Gasteiger partial charge >= 0.3 is 22.7 Å². The summed E-state index contributed by atoms with van der Waals surface area (Å²) in [7, 11) is -6.23. The third-order valence-corrected chi connectivity index (χ3v) is 12.3. The maximum atomic E-state index is 13.0. The fourth-order valence-electron chi connectivity index (χ4n) is 7.67. The lowest BCUT2D eigenvalue weighted by molar-refractivity contribution is -0.0499. The SMILES string of the molecule is CC1(C)OB(c2cc(-c3ccccc3)c(-c3ccccc3)c3ccccc23)OC1(C)C.O=S(=O)(Oc1cc(-c2ccccc2)c(-c2ccccc2)c2ccccc12)C(F)(F)F. The van der Waals surface area contributed by atoms with Gasteiger partial charge in [0.2, 0.25) is 0 Å². The normalized spacial score (nSPS) is 14.7. The first kappa shape index (κ1) is 41.5. The van der Waals surface area contributed by atoms with Gasteiger partial charge < -0.3 is 13.5 Å². The number of halogens is 3. The molecular formula is C51H42BF3O5S. The van der Waals surface area contributed by atoms with E-state index in [1.165, 1.54) is 45.2 Å². The van der Waals surface area contributed by atoms with E-state index in [1.807, 2.05) is 36.4 Å². The zero-order chi connectivity index (χ0) is 43.0. The highest BCUT2D eigenvalue weighted by Gasteiger charge is 2.52. The number of rotatable bonds is 7. The predicted molar refractivity (Wildman–Crippen MR) is 241 cm³/mol. The molecule has 0 aromatic heterocycles. The standard InChI is InChI=1S/C28H27BO2.C23H15F3O3S/c1-27(2)28(3,4)31-29(30-27)25-19-24(20-13-7-5-8-14-20)26(21-15-9-6-10-16-21)23-18-12-11-17-22(23)25;24-23(25,26)30(27,28)29-21-15-20(16-9-3-1-4-10-16)22(17-11-5-2-6-12-17)19-14-8-7-13-18(19)21/h5-19H,1-4H3;1-15H. The second kappa shape index (κ2) is 16.3. The van der Waals surface area contributed by atoms with Crippen molar-refractivity contribution in [2.45, 2.75) is 44.4 Å². The van der Waals surface area contributed by atoms with Gasteiger partial charge in [0.25, 0.3) is 0 Å². The van der Waals surface area contributed by atoms with Crippen molar-refractivity contribution < 1.29 is 35.1 Å². The summed E-state index contributed by atoms with van der Waals surface area (Å²) in [5.41, 5.74) is 2.50. The van der Waals surface area contributed by atoms with Crippen LogP contribution in [0.25, 0.3) is 66.1 Å². The first-order valence-electron chi connectivity index (χ1n) is 19.8. The van der Waals surface area contributed by atoms with Crippen molar-refractivity contribution in [3.63, 3.8) is 0 Å². The van der Waals surface area contributed by atoms with Crippen molar-refractivity contribution in [1.82, 2.24) is 0 Å². The Balaban J connectivity index is 0.000000169. The Morgan fingerprint density at radius 3 is 1.25 bits per heavy atom. The molecule has 0 atom stereocenters.